The standard InChI is InChI=1S/C23H20BrN3O4/c1-30-21-8-3-2-7-20(21)25-15-22(28)27-26-14-16-9-11-19(12-10-16)31-23(29)17-5-4-6-18(24)13-17/h2-14,25H,15H2,1H3,(H,27,28)/b26-14+. The molecule has 0 heterocycles. The molecule has 0 aliphatic heterocycles. The number of benzene rings is 3. The summed E-state index contributed by atoms with van der Waals surface area (Å²) in [4.78, 5) is 24.1. The van der Waals surface area contributed by atoms with Crippen LogP contribution >= 0.6 is 15.9 Å². The van der Waals surface area contributed by atoms with Gasteiger partial charge in [0.2, 0.25) is 0 Å². The van der Waals surface area contributed by atoms with Crippen LogP contribution in [0.5, 0.6) is 11.5 Å². The van der Waals surface area contributed by atoms with E-state index in [0.29, 0.717) is 17.1 Å². The number of carbonyl (C=O) groups excluding carboxylic acids is 2. The molecular weight excluding hydrogens is 462 g/mol. The number of hydrogen-bond acceptors (Lipinski definition) is 6. The Morgan fingerprint density at radius 1 is 1.03 bits per heavy atom. The van der Waals surface area contributed by atoms with Crippen LogP contribution in [0, 0.1) is 0 Å². The molecule has 0 saturated carbocycles. The van der Waals surface area contributed by atoms with Crippen LogP contribution in [0.4, 0.5) is 5.69 Å². The Morgan fingerprint density at radius 3 is 2.55 bits per heavy atom. The average Bonchev–Trinajstić information content (AvgIpc) is 2.79. The van der Waals surface area contributed by atoms with Gasteiger partial charge in [0.15, 0.2) is 0 Å². The number of nitrogens with one attached hydrogen (secondary N) is 2. The van der Waals surface area contributed by atoms with E-state index in [-0.39, 0.29) is 12.5 Å². The van der Waals surface area contributed by atoms with Crippen LogP contribution in [0.15, 0.2) is 82.4 Å². The Balaban J connectivity index is 1.48. The van der Waals surface area contributed by atoms with Crippen molar-refractivity contribution in [3.63, 3.8) is 0 Å². The summed E-state index contributed by atoms with van der Waals surface area (Å²) in [6.45, 7) is 0.0439. The third-order valence-electron chi connectivity index (χ3n) is 4.10. The number of rotatable bonds is 8. The number of amides is 1. The molecule has 3 aromatic rings. The third kappa shape index (κ3) is 6.68. The number of hydrogen-bond donors (Lipinski definition) is 2. The Hall–Kier alpha value is -3.65. The third-order valence-corrected chi connectivity index (χ3v) is 4.59. The minimum Gasteiger partial charge on any atom is -0.495 e. The molecule has 0 aliphatic rings. The highest BCUT2D eigenvalue weighted by atomic mass is 79.9. The summed E-state index contributed by atoms with van der Waals surface area (Å²) >= 11 is 3.33. The van der Waals surface area contributed by atoms with Gasteiger partial charge >= 0.3 is 5.97 Å². The van der Waals surface area contributed by atoms with E-state index in [9.17, 15) is 9.59 Å². The molecule has 1 amide bonds. The number of nitrogens with zero attached hydrogens (tertiary/aromatic N) is 1. The van der Waals surface area contributed by atoms with Gasteiger partial charge in [-0.25, -0.2) is 10.2 Å². The van der Waals surface area contributed by atoms with E-state index in [1.807, 2.05) is 24.3 Å². The molecule has 158 valence electrons. The normalized spacial score (nSPS) is 10.5. The molecule has 0 radical (unpaired) electrons. The number of methoxy groups -OCH3 is 1. The lowest BCUT2D eigenvalue weighted by molar-refractivity contribution is -0.119. The van der Waals surface area contributed by atoms with Crippen molar-refractivity contribution >= 4 is 39.7 Å². The lowest BCUT2D eigenvalue weighted by Crippen LogP contribution is -2.26. The van der Waals surface area contributed by atoms with E-state index in [2.05, 4.69) is 31.8 Å². The fourth-order valence-electron chi connectivity index (χ4n) is 2.59. The van der Waals surface area contributed by atoms with Gasteiger partial charge in [0, 0.05) is 4.47 Å². The van der Waals surface area contributed by atoms with E-state index in [0.717, 1.165) is 15.7 Å². The van der Waals surface area contributed by atoms with Crippen molar-refractivity contribution in [1.82, 2.24) is 5.43 Å². The summed E-state index contributed by atoms with van der Waals surface area (Å²) in [5.74, 6) is 0.311. The van der Waals surface area contributed by atoms with Crippen molar-refractivity contribution in [1.29, 1.82) is 0 Å². The maximum absolute atomic E-state index is 12.2. The Kier molecular flexibility index (Phi) is 7.78. The minimum absolute atomic E-state index is 0.0439. The SMILES string of the molecule is COc1ccccc1NCC(=O)N/N=C/c1ccc(OC(=O)c2cccc(Br)c2)cc1. The zero-order valence-electron chi connectivity index (χ0n) is 16.7. The van der Waals surface area contributed by atoms with Crippen molar-refractivity contribution in [3.05, 3.63) is 88.4 Å². The van der Waals surface area contributed by atoms with Gasteiger partial charge in [0.05, 0.1) is 31.1 Å². The molecule has 0 saturated heterocycles. The van der Waals surface area contributed by atoms with Crippen LogP contribution in [-0.4, -0.2) is 31.7 Å². The molecule has 3 rings (SSSR count). The molecule has 0 atom stereocenters. The molecule has 8 heteroatoms. The maximum atomic E-state index is 12.2. The zero-order valence-corrected chi connectivity index (χ0v) is 18.3. The van der Waals surface area contributed by atoms with Gasteiger partial charge in [-0.15, -0.1) is 0 Å². The highest BCUT2D eigenvalue weighted by molar-refractivity contribution is 9.10. The number of carbonyl (C=O) groups is 2. The molecule has 0 aliphatic carbocycles. The van der Waals surface area contributed by atoms with Crippen molar-refractivity contribution < 1.29 is 19.1 Å². The predicted octanol–water partition coefficient (Wildman–Crippen LogP) is 4.24. The van der Waals surface area contributed by atoms with Crippen LogP contribution < -0.4 is 20.2 Å². The highest BCUT2D eigenvalue weighted by Crippen LogP contribution is 2.22. The van der Waals surface area contributed by atoms with Gasteiger partial charge in [-0.05, 0) is 60.2 Å². The van der Waals surface area contributed by atoms with Gasteiger partial charge in [-0.2, -0.15) is 5.10 Å². The fourth-order valence-corrected chi connectivity index (χ4v) is 2.99. The Labute approximate surface area is 188 Å². The van der Waals surface area contributed by atoms with Crippen molar-refractivity contribution in [2.24, 2.45) is 5.10 Å². The van der Waals surface area contributed by atoms with E-state index in [1.165, 1.54) is 6.21 Å². The van der Waals surface area contributed by atoms with Crippen molar-refractivity contribution in [3.8, 4) is 11.5 Å². The van der Waals surface area contributed by atoms with Gasteiger partial charge in [0.1, 0.15) is 11.5 Å². The second-order valence-electron chi connectivity index (χ2n) is 6.32. The van der Waals surface area contributed by atoms with E-state index in [4.69, 9.17) is 9.47 Å². The van der Waals surface area contributed by atoms with Crippen molar-refractivity contribution in [2.45, 2.75) is 0 Å². The first-order valence-corrected chi connectivity index (χ1v) is 10.1. The summed E-state index contributed by atoms with van der Waals surface area (Å²) in [5.41, 5.74) is 4.35. The molecule has 7 nitrogen and oxygen atoms in total. The maximum Gasteiger partial charge on any atom is 0.343 e. The number of esters is 1. The second kappa shape index (κ2) is 10.9. The predicted molar refractivity (Wildman–Crippen MR) is 123 cm³/mol. The first-order valence-electron chi connectivity index (χ1n) is 9.32. The minimum atomic E-state index is -0.447. The Morgan fingerprint density at radius 2 is 1.81 bits per heavy atom. The second-order valence-corrected chi connectivity index (χ2v) is 7.23. The summed E-state index contributed by atoms with van der Waals surface area (Å²) in [7, 11) is 1.57. The van der Waals surface area contributed by atoms with Gasteiger partial charge in [0.25, 0.3) is 5.91 Å². The highest BCUT2D eigenvalue weighted by Gasteiger charge is 2.09. The van der Waals surface area contributed by atoms with Crippen LogP contribution in [0.2, 0.25) is 0 Å². The topological polar surface area (TPSA) is 89.0 Å². The monoisotopic (exact) mass is 481 g/mol. The summed E-state index contributed by atoms with van der Waals surface area (Å²) in [6, 6.07) is 21.1. The fraction of sp³-hybridized carbons (Fsp3) is 0.0870. The smallest absolute Gasteiger partial charge is 0.343 e. The number of ether oxygens (including phenoxy) is 2. The summed E-state index contributed by atoms with van der Waals surface area (Å²) < 4.78 is 11.4. The van der Waals surface area contributed by atoms with E-state index < -0.39 is 5.97 Å². The number of anilines is 1. The lowest BCUT2D eigenvalue weighted by atomic mass is 10.2. The van der Waals surface area contributed by atoms with Gasteiger partial charge in [-0.1, -0.05) is 34.1 Å². The number of hydrazone groups is 1. The number of halogens is 1. The van der Waals surface area contributed by atoms with Crippen molar-refractivity contribution in [2.75, 3.05) is 19.0 Å². The van der Waals surface area contributed by atoms with E-state index in [1.54, 1.807) is 55.6 Å². The molecule has 31 heavy (non-hydrogen) atoms. The molecule has 0 unspecified atom stereocenters. The molecule has 3 aromatic carbocycles. The molecular formula is C23H20BrN3O4. The van der Waals surface area contributed by atoms with Gasteiger partial charge < -0.3 is 14.8 Å². The summed E-state index contributed by atoms with van der Waals surface area (Å²) in [6.07, 6.45) is 1.50. The van der Waals surface area contributed by atoms with Crippen LogP contribution in [0.1, 0.15) is 15.9 Å². The zero-order chi connectivity index (χ0) is 22.1. The van der Waals surface area contributed by atoms with Crippen LogP contribution in [0.25, 0.3) is 0 Å². The molecule has 0 spiro atoms. The molecule has 0 aromatic heterocycles. The first kappa shape index (κ1) is 22.0. The molecule has 2 N–H and O–H groups in total. The lowest BCUT2D eigenvalue weighted by Gasteiger charge is -2.09. The first-order chi connectivity index (χ1) is 15.0. The summed E-state index contributed by atoms with van der Waals surface area (Å²) in [5, 5.41) is 6.93. The average molecular weight is 482 g/mol. The number of para-hydroxylation sites is 2. The van der Waals surface area contributed by atoms with Crippen LogP contribution in [-0.2, 0) is 4.79 Å². The molecule has 0 bridgehead atoms. The van der Waals surface area contributed by atoms with Crippen LogP contribution in [0.3, 0.4) is 0 Å². The molecule has 0 fully saturated rings. The van der Waals surface area contributed by atoms with Gasteiger partial charge in [-0.3, -0.25) is 4.79 Å². The quantitative estimate of drug-likeness (QED) is 0.217. The largest absolute Gasteiger partial charge is 0.495 e. The van der Waals surface area contributed by atoms with E-state index >= 15 is 0 Å². The Bertz CT molecular complexity index is 1080.